The minimum absolute atomic E-state index is 0.255. The molecule has 0 aliphatic heterocycles. The van der Waals surface area contributed by atoms with Crippen LogP contribution in [-0.4, -0.2) is 18.2 Å². The van der Waals surface area contributed by atoms with Crippen molar-refractivity contribution < 1.29 is 14.6 Å². The van der Waals surface area contributed by atoms with Crippen LogP contribution in [0, 0.1) is 0 Å². The quantitative estimate of drug-likeness (QED) is 0.687. The van der Waals surface area contributed by atoms with Crippen molar-refractivity contribution in [2.75, 3.05) is 7.11 Å². The number of aromatic carboxylic acids is 1. The Balaban J connectivity index is 3.13. The maximum absolute atomic E-state index is 10.6. The number of rotatable bonds is 3. The predicted octanol–water partition coefficient (Wildman–Crippen LogP) is 2.33. The summed E-state index contributed by atoms with van der Waals surface area (Å²) in [5, 5.41) is 8.71. The smallest absolute Gasteiger partial charge is 0.335 e. The van der Waals surface area contributed by atoms with Crippen LogP contribution in [0.25, 0.3) is 0 Å². The van der Waals surface area contributed by atoms with Crippen molar-refractivity contribution in [2.45, 2.75) is 4.43 Å². The van der Waals surface area contributed by atoms with E-state index in [-0.39, 0.29) is 5.56 Å². The predicted molar refractivity (Wildman–Crippen MR) is 57.7 cm³/mol. The van der Waals surface area contributed by atoms with Gasteiger partial charge >= 0.3 is 5.97 Å². The van der Waals surface area contributed by atoms with Gasteiger partial charge < -0.3 is 9.84 Å². The van der Waals surface area contributed by atoms with Crippen LogP contribution in [-0.2, 0) is 4.43 Å². The zero-order chi connectivity index (χ0) is 9.84. The van der Waals surface area contributed by atoms with Crippen LogP contribution in [0.4, 0.5) is 0 Å². The van der Waals surface area contributed by atoms with Crippen molar-refractivity contribution in [3.8, 4) is 5.75 Å². The van der Waals surface area contributed by atoms with Crippen LogP contribution in [0.2, 0.25) is 0 Å². The van der Waals surface area contributed by atoms with Gasteiger partial charge in [-0.2, -0.15) is 0 Å². The summed E-state index contributed by atoms with van der Waals surface area (Å²) in [6, 6.07) is 4.89. The number of carboxylic acids is 1. The first-order chi connectivity index (χ1) is 6.19. The van der Waals surface area contributed by atoms with E-state index in [4.69, 9.17) is 9.84 Å². The minimum atomic E-state index is -0.932. The van der Waals surface area contributed by atoms with Gasteiger partial charge in [0.2, 0.25) is 0 Å². The molecule has 1 N–H and O–H groups in total. The highest BCUT2D eigenvalue weighted by Crippen LogP contribution is 2.22. The SMILES string of the molecule is COc1cc(C(=O)O)ccc1CI. The zero-order valence-corrected chi connectivity index (χ0v) is 9.24. The summed E-state index contributed by atoms with van der Waals surface area (Å²) in [5.41, 5.74) is 1.26. The average molecular weight is 292 g/mol. The van der Waals surface area contributed by atoms with E-state index in [9.17, 15) is 4.79 Å². The number of carboxylic acid groups (broad SMARTS) is 1. The molecular formula is C9H9IO3. The molecule has 70 valence electrons. The van der Waals surface area contributed by atoms with Crippen molar-refractivity contribution in [2.24, 2.45) is 0 Å². The number of halogens is 1. The lowest BCUT2D eigenvalue weighted by molar-refractivity contribution is 0.0696. The van der Waals surface area contributed by atoms with Crippen molar-refractivity contribution >= 4 is 28.6 Å². The van der Waals surface area contributed by atoms with Gasteiger partial charge in [0, 0.05) is 9.99 Å². The largest absolute Gasteiger partial charge is 0.496 e. The summed E-state index contributed by atoms with van der Waals surface area (Å²) in [4.78, 5) is 10.6. The molecule has 0 fully saturated rings. The molecule has 0 atom stereocenters. The van der Waals surface area contributed by atoms with Gasteiger partial charge in [-0.05, 0) is 12.1 Å². The summed E-state index contributed by atoms with van der Waals surface area (Å²) in [5.74, 6) is -0.299. The van der Waals surface area contributed by atoms with E-state index in [1.165, 1.54) is 13.2 Å². The van der Waals surface area contributed by atoms with Crippen LogP contribution in [0.3, 0.4) is 0 Å². The Labute approximate surface area is 89.9 Å². The number of benzene rings is 1. The van der Waals surface area contributed by atoms with Crippen molar-refractivity contribution in [3.63, 3.8) is 0 Å². The summed E-state index contributed by atoms with van der Waals surface area (Å²) < 4.78 is 5.87. The van der Waals surface area contributed by atoms with Crippen LogP contribution in [0.1, 0.15) is 15.9 Å². The molecule has 0 aliphatic rings. The van der Waals surface area contributed by atoms with Gasteiger partial charge in [-0.1, -0.05) is 28.7 Å². The Kier molecular flexibility index (Phi) is 3.53. The van der Waals surface area contributed by atoms with Crippen LogP contribution >= 0.6 is 22.6 Å². The average Bonchev–Trinajstić information content (AvgIpc) is 2.16. The molecule has 0 saturated carbocycles. The highest BCUT2D eigenvalue weighted by molar-refractivity contribution is 14.1. The monoisotopic (exact) mass is 292 g/mol. The number of alkyl halides is 1. The molecule has 0 saturated heterocycles. The third-order valence-electron chi connectivity index (χ3n) is 1.68. The number of methoxy groups -OCH3 is 1. The second-order valence-electron chi connectivity index (χ2n) is 2.47. The summed E-state index contributed by atoms with van der Waals surface area (Å²) >= 11 is 2.20. The van der Waals surface area contributed by atoms with Crippen molar-refractivity contribution in [1.29, 1.82) is 0 Å². The standard InChI is InChI=1S/C9H9IO3/c1-13-8-4-6(9(11)12)2-3-7(8)5-10/h2-4H,5H2,1H3,(H,11,12). The van der Waals surface area contributed by atoms with Crippen LogP contribution < -0.4 is 4.74 Å². The number of hydrogen-bond acceptors (Lipinski definition) is 2. The van der Waals surface area contributed by atoms with Gasteiger partial charge in [0.05, 0.1) is 12.7 Å². The summed E-state index contributed by atoms with van der Waals surface area (Å²) in [7, 11) is 1.54. The molecule has 1 aromatic rings. The molecule has 1 rings (SSSR count). The molecule has 0 unspecified atom stereocenters. The fraction of sp³-hybridized carbons (Fsp3) is 0.222. The Morgan fingerprint density at radius 3 is 2.77 bits per heavy atom. The van der Waals surface area contributed by atoms with Gasteiger partial charge in [0.25, 0.3) is 0 Å². The topological polar surface area (TPSA) is 46.5 Å². The highest BCUT2D eigenvalue weighted by Gasteiger charge is 2.07. The highest BCUT2D eigenvalue weighted by atomic mass is 127. The minimum Gasteiger partial charge on any atom is -0.496 e. The molecule has 0 aliphatic carbocycles. The molecule has 0 aromatic heterocycles. The second-order valence-corrected chi connectivity index (χ2v) is 3.23. The third-order valence-corrected chi connectivity index (χ3v) is 2.50. The molecule has 0 amide bonds. The van der Waals surface area contributed by atoms with Gasteiger partial charge in [-0.3, -0.25) is 0 Å². The number of hydrogen-bond donors (Lipinski definition) is 1. The molecular weight excluding hydrogens is 283 g/mol. The summed E-state index contributed by atoms with van der Waals surface area (Å²) in [6.45, 7) is 0. The van der Waals surface area contributed by atoms with Gasteiger partial charge in [0.15, 0.2) is 0 Å². The van der Waals surface area contributed by atoms with Gasteiger partial charge in [-0.25, -0.2) is 4.79 Å². The normalized spacial score (nSPS) is 9.69. The molecule has 4 heteroatoms. The van der Waals surface area contributed by atoms with E-state index in [0.29, 0.717) is 5.75 Å². The Bertz CT molecular complexity index is 323. The second kappa shape index (κ2) is 4.45. The van der Waals surface area contributed by atoms with E-state index in [1.54, 1.807) is 12.1 Å². The maximum atomic E-state index is 10.6. The van der Waals surface area contributed by atoms with E-state index in [2.05, 4.69) is 22.6 Å². The first-order valence-electron chi connectivity index (χ1n) is 3.65. The molecule has 3 nitrogen and oxygen atoms in total. The van der Waals surface area contributed by atoms with Gasteiger partial charge in [-0.15, -0.1) is 0 Å². The Morgan fingerprint density at radius 2 is 2.31 bits per heavy atom. The van der Waals surface area contributed by atoms with Crippen molar-refractivity contribution in [1.82, 2.24) is 0 Å². The zero-order valence-electron chi connectivity index (χ0n) is 7.08. The van der Waals surface area contributed by atoms with E-state index < -0.39 is 5.97 Å². The lowest BCUT2D eigenvalue weighted by Gasteiger charge is -2.06. The number of carbonyl (C=O) groups is 1. The fourth-order valence-corrected chi connectivity index (χ4v) is 1.62. The van der Waals surface area contributed by atoms with Gasteiger partial charge in [0.1, 0.15) is 5.75 Å². The molecule has 0 spiro atoms. The third kappa shape index (κ3) is 2.33. The molecule has 0 heterocycles. The first kappa shape index (κ1) is 10.3. The Morgan fingerprint density at radius 1 is 1.62 bits per heavy atom. The lowest BCUT2D eigenvalue weighted by atomic mass is 10.1. The van der Waals surface area contributed by atoms with Crippen molar-refractivity contribution in [3.05, 3.63) is 29.3 Å². The Hall–Kier alpha value is -0.780. The fourth-order valence-electron chi connectivity index (χ4n) is 0.988. The molecule has 0 radical (unpaired) electrons. The maximum Gasteiger partial charge on any atom is 0.335 e. The number of ether oxygens (including phenoxy) is 1. The summed E-state index contributed by atoms with van der Waals surface area (Å²) in [6.07, 6.45) is 0. The molecule has 1 aromatic carbocycles. The van der Waals surface area contributed by atoms with Crippen LogP contribution in [0.5, 0.6) is 5.75 Å². The van der Waals surface area contributed by atoms with E-state index >= 15 is 0 Å². The van der Waals surface area contributed by atoms with E-state index in [0.717, 1.165) is 9.99 Å². The van der Waals surface area contributed by atoms with E-state index in [1.807, 2.05) is 0 Å². The lowest BCUT2D eigenvalue weighted by Crippen LogP contribution is -1.98. The molecule has 0 bridgehead atoms. The van der Waals surface area contributed by atoms with Crippen LogP contribution in [0.15, 0.2) is 18.2 Å². The molecule has 13 heavy (non-hydrogen) atoms. The first-order valence-corrected chi connectivity index (χ1v) is 5.17.